The molecule has 1 aromatic heterocycles. The summed E-state index contributed by atoms with van der Waals surface area (Å²) in [6.45, 7) is 2.38. The molecule has 142 valence electrons. The molecule has 2 atom stereocenters. The lowest BCUT2D eigenvalue weighted by Crippen LogP contribution is -2.43. The summed E-state index contributed by atoms with van der Waals surface area (Å²) in [7, 11) is 1.67. The molecule has 0 unspecified atom stereocenters. The average molecular weight is 367 g/mol. The SMILES string of the molecule is COc1nc2ccccc2cc1CN1C[C@@H]2OC(=O)N(C3CCCC3)[C@@H]2C1. The number of ether oxygens (including phenoxy) is 2. The van der Waals surface area contributed by atoms with Gasteiger partial charge in [0.25, 0.3) is 0 Å². The van der Waals surface area contributed by atoms with Crippen molar-refractivity contribution in [2.45, 2.75) is 50.4 Å². The molecule has 2 aromatic rings. The largest absolute Gasteiger partial charge is 0.481 e. The topological polar surface area (TPSA) is 54.9 Å². The maximum Gasteiger partial charge on any atom is 0.410 e. The third-order valence-corrected chi connectivity index (χ3v) is 6.20. The van der Waals surface area contributed by atoms with Crippen LogP contribution in [0.5, 0.6) is 5.88 Å². The smallest absolute Gasteiger partial charge is 0.410 e. The van der Waals surface area contributed by atoms with Gasteiger partial charge in [0.15, 0.2) is 0 Å². The molecule has 5 rings (SSSR count). The van der Waals surface area contributed by atoms with E-state index in [0.29, 0.717) is 11.9 Å². The number of carbonyl (C=O) groups excluding carboxylic acids is 1. The van der Waals surface area contributed by atoms with Gasteiger partial charge in [0, 0.05) is 36.6 Å². The lowest BCUT2D eigenvalue weighted by Gasteiger charge is -2.27. The zero-order chi connectivity index (χ0) is 18.4. The van der Waals surface area contributed by atoms with Gasteiger partial charge in [-0.15, -0.1) is 0 Å². The molecule has 27 heavy (non-hydrogen) atoms. The van der Waals surface area contributed by atoms with E-state index < -0.39 is 0 Å². The van der Waals surface area contributed by atoms with Crippen molar-refractivity contribution in [1.82, 2.24) is 14.8 Å². The van der Waals surface area contributed by atoms with Crippen molar-refractivity contribution in [1.29, 1.82) is 0 Å². The fourth-order valence-electron chi connectivity index (χ4n) is 4.95. The first-order chi connectivity index (χ1) is 13.2. The number of nitrogens with zero attached hydrogens (tertiary/aromatic N) is 3. The molecule has 3 heterocycles. The van der Waals surface area contributed by atoms with E-state index in [9.17, 15) is 4.79 Å². The number of carbonyl (C=O) groups is 1. The van der Waals surface area contributed by atoms with Crippen LogP contribution in [0.4, 0.5) is 4.79 Å². The Hall–Kier alpha value is -2.34. The van der Waals surface area contributed by atoms with Crippen LogP contribution in [0.15, 0.2) is 30.3 Å². The summed E-state index contributed by atoms with van der Waals surface area (Å²) in [5, 5.41) is 1.12. The summed E-state index contributed by atoms with van der Waals surface area (Å²) >= 11 is 0. The molecule has 0 spiro atoms. The lowest BCUT2D eigenvalue weighted by molar-refractivity contribution is 0.113. The van der Waals surface area contributed by atoms with E-state index in [0.717, 1.165) is 48.9 Å². The number of methoxy groups -OCH3 is 1. The van der Waals surface area contributed by atoms with Gasteiger partial charge < -0.3 is 9.47 Å². The Morgan fingerprint density at radius 1 is 1.22 bits per heavy atom. The van der Waals surface area contributed by atoms with E-state index in [1.54, 1.807) is 7.11 Å². The molecular formula is C21H25N3O3. The highest BCUT2D eigenvalue weighted by Crippen LogP contribution is 2.35. The number of amides is 1. The van der Waals surface area contributed by atoms with Gasteiger partial charge in [-0.3, -0.25) is 9.80 Å². The van der Waals surface area contributed by atoms with Crippen LogP contribution in [0.1, 0.15) is 31.2 Å². The molecule has 1 aliphatic carbocycles. The Bertz CT molecular complexity index is 865. The molecule has 1 amide bonds. The Kier molecular flexibility index (Phi) is 4.16. The van der Waals surface area contributed by atoms with Crippen LogP contribution in [0.2, 0.25) is 0 Å². The van der Waals surface area contributed by atoms with Crippen molar-refractivity contribution in [2.75, 3.05) is 20.2 Å². The normalized spacial score (nSPS) is 26.0. The van der Waals surface area contributed by atoms with Crippen molar-refractivity contribution < 1.29 is 14.3 Å². The molecule has 3 fully saturated rings. The second-order valence-corrected chi connectivity index (χ2v) is 7.88. The van der Waals surface area contributed by atoms with E-state index in [4.69, 9.17) is 9.47 Å². The van der Waals surface area contributed by atoms with E-state index in [2.05, 4.69) is 22.0 Å². The van der Waals surface area contributed by atoms with Gasteiger partial charge in [-0.2, -0.15) is 0 Å². The molecule has 3 aliphatic rings. The molecular weight excluding hydrogens is 342 g/mol. The Balaban J connectivity index is 1.35. The number of pyridine rings is 1. The first-order valence-electron chi connectivity index (χ1n) is 9.87. The van der Waals surface area contributed by atoms with Gasteiger partial charge in [-0.1, -0.05) is 31.0 Å². The number of likely N-dealkylation sites (tertiary alicyclic amines) is 1. The summed E-state index contributed by atoms with van der Waals surface area (Å²) in [6, 6.07) is 10.8. The molecule has 1 aromatic carbocycles. The fraction of sp³-hybridized carbons (Fsp3) is 0.524. The van der Waals surface area contributed by atoms with Crippen molar-refractivity contribution in [3.05, 3.63) is 35.9 Å². The third-order valence-electron chi connectivity index (χ3n) is 6.20. The summed E-state index contributed by atoms with van der Waals surface area (Å²) in [5.74, 6) is 0.676. The predicted octanol–water partition coefficient (Wildman–Crippen LogP) is 3.19. The first kappa shape index (κ1) is 16.8. The van der Waals surface area contributed by atoms with Crippen LogP contribution in [0, 0.1) is 0 Å². The summed E-state index contributed by atoms with van der Waals surface area (Å²) in [6.07, 6.45) is 4.53. The maximum absolute atomic E-state index is 12.3. The van der Waals surface area contributed by atoms with Crippen molar-refractivity contribution in [3.8, 4) is 5.88 Å². The fourth-order valence-corrected chi connectivity index (χ4v) is 4.95. The second-order valence-electron chi connectivity index (χ2n) is 7.88. The monoisotopic (exact) mass is 367 g/mol. The lowest BCUT2D eigenvalue weighted by atomic mass is 10.1. The molecule has 0 bridgehead atoms. The van der Waals surface area contributed by atoms with E-state index in [1.807, 2.05) is 23.1 Å². The van der Waals surface area contributed by atoms with Crippen LogP contribution < -0.4 is 4.74 Å². The second kappa shape index (κ2) is 6.68. The van der Waals surface area contributed by atoms with E-state index in [1.165, 1.54) is 12.8 Å². The molecule has 2 saturated heterocycles. The van der Waals surface area contributed by atoms with Crippen LogP contribution in [-0.2, 0) is 11.3 Å². The highest BCUT2D eigenvalue weighted by atomic mass is 16.6. The number of hydrogen-bond donors (Lipinski definition) is 0. The van der Waals surface area contributed by atoms with Crippen LogP contribution in [0.3, 0.4) is 0 Å². The Labute approximate surface area is 159 Å². The summed E-state index contributed by atoms with van der Waals surface area (Å²) in [4.78, 5) is 21.4. The maximum atomic E-state index is 12.3. The van der Waals surface area contributed by atoms with Crippen molar-refractivity contribution in [3.63, 3.8) is 0 Å². The van der Waals surface area contributed by atoms with Gasteiger partial charge >= 0.3 is 6.09 Å². The van der Waals surface area contributed by atoms with E-state index >= 15 is 0 Å². The molecule has 2 aliphatic heterocycles. The van der Waals surface area contributed by atoms with Crippen molar-refractivity contribution >= 4 is 17.0 Å². The predicted molar refractivity (Wildman–Crippen MR) is 102 cm³/mol. The zero-order valence-electron chi connectivity index (χ0n) is 15.6. The highest BCUT2D eigenvalue weighted by Gasteiger charge is 2.50. The van der Waals surface area contributed by atoms with Gasteiger partial charge in [0.05, 0.1) is 18.7 Å². The zero-order valence-corrected chi connectivity index (χ0v) is 15.6. The van der Waals surface area contributed by atoms with Gasteiger partial charge in [0.1, 0.15) is 6.10 Å². The standard InChI is InChI=1S/C21H25N3O3/c1-26-20-15(10-14-6-2-5-9-17(14)22-20)11-23-12-18-19(13-23)27-21(25)24(18)16-7-3-4-8-16/h2,5-6,9-10,16,18-19H,3-4,7-8,11-13H2,1H3/t18-,19+/m1/s1. The van der Waals surface area contributed by atoms with Gasteiger partial charge in [-0.05, 0) is 25.0 Å². The molecule has 1 saturated carbocycles. The van der Waals surface area contributed by atoms with E-state index in [-0.39, 0.29) is 18.2 Å². The first-order valence-corrected chi connectivity index (χ1v) is 9.87. The minimum Gasteiger partial charge on any atom is -0.481 e. The number of fused-ring (bicyclic) bond motifs is 2. The third kappa shape index (κ3) is 2.92. The number of para-hydroxylation sites is 1. The van der Waals surface area contributed by atoms with Crippen molar-refractivity contribution in [2.24, 2.45) is 0 Å². The van der Waals surface area contributed by atoms with Crippen LogP contribution >= 0.6 is 0 Å². The average Bonchev–Trinajstić information content (AvgIpc) is 3.37. The molecule has 0 N–H and O–H groups in total. The summed E-state index contributed by atoms with van der Waals surface area (Å²) in [5.41, 5.74) is 2.02. The number of hydrogen-bond acceptors (Lipinski definition) is 5. The molecule has 6 nitrogen and oxygen atoms in total. The quantitative estimate of drug-likeness (QED) is 0.831. The minimum atomic E-state index is -0.110. The van der Waals surface area contributed by atoms with Crippen LogP contribution in [-0.4, -0.2) is 59.3 Å². The van der Waals surface area contributed by atoms with Crippen LogP contribution in [0.25, 0.3) is 10.9 Å². The molecule has 0 radical (unpaired) electrons. The number of benzene rings is 1. The highest BCUT2D eigenvalue weighted by molar-refractivity contribution is 5.80. The van der Waals surface area contributed by atoms with Gasteiger partial charge in [0.2, 0.25) is 5.88 Å². The number of rotatable bonds is 4. The summed E-state index contributed by atoms with van der Waals surface area (Å²) < 4.78 is 11.2. The Morgan fingerprint density at radius 2 is 2.04 bits per heavy atom. The minimum absolute atomic E-state index is 0.0162. The molecule has 6 heteroatoms. The van der Waals surface area contributed by atoms with Gasteiger partial charge in [-0.25, -0.2) is 9.78 Å². The Morgan fingerprint density at radius 3 is 2.85 bits per heavy atom. The number of aromatic nitrogens is 1.